The van der Waals surface area contributed by atoms with Crippen LogP contribution < -0.4 is 10.6 Å². The molecule has 1 aliphatic rings. The third-order valence-corrected chi connectivity index (χ3v) is 5.93. The highest BCUT2D eigenvalue weighted by Crippen LogP contribution is 2.22. The van der Waals surface area contributed by atoms with Crippen molar-refractivity contribution >= 4 is 29.3 Å². The van der Waals surface area contributed by atoms with Gasteiger partial charge >= 0.3 is 0 Å². The van der Waals surface area contributed by atoms with Gasteiger partial charge in [0.05, 0.1) is 23.4 Å². The Bertz CT molecular complexity index is 1030. The SMILES string of the molecule is O=C(CSc1nnc(Cc2ccccc2)o1)Nc1ccccc1C(=O)NC1CCCC1. The number of anilines is 1. The number of para-hydroxylation sites is 1. The highest BCUT2D eigenvalue weighted by atomic mass is 32.2. The van der Waals surface area contributed by atoms with Crippen LogP contribution in [0.2, 0.25) is 0 Å². The highest BCUT2D eigenvalue weighted by Gasteiger charge is 2.20. The number of hydrogen-bond acceptors (Lipinski definition) is 6. The van der Waals surface area contributed by atoms with Crippen LogP contribution in [0, 0.1) is 0 Å². The van der Waals surface area contributed by atoms with Crippen LogP contribution in [0.25, 0.3) is 0 Å². The number of aromatic nitrogens is 2. The second kappa shape index (κ2) is 10.3. The van der Waals surface area contributed by atoms with Crippen LogP contribution in [-0.4, -0.2) is 33.8 Å². The van der Waals surface area contributed by atoms with E-state index in [1.165, 1.54) is 11.8 Å². The van der Waals surface area contributed by atoms with Gasteiger partial charge in [0, 0.05) is 6.04 Å². The molecule has 3 aromatic rings. The van der Waals surface area contributed by atoms with Crippen LogP contribution in [0.1, 0.15) is 47.5 Å². The molecule has 160 valence electrons. The van der Waals surface area contributed by atoms with E-state index in [1.54, 1.807) is 24.3 Å². The molecule has 0 saturated heterocycles. The summed E-state index contributed by atoms with van der Waals surface area (Å²) in [6.07, 6.45) is 4.84. The van der Waals surface area contributed by atoms with Gasteiger partial charge in [0.15, 0.2) is 0 Å². The molecular weight excluding hydrogens is 412 g/mol. The van der Waals surface area contributed by atoms with Gasteiger partial charge in [-0.05, 0) is 30.5 Å². The van der Waals surface area contributed by atoms with E-state index in [2.05, 4.69) is 20.8 Å². The zero-order valence-corrected chi connectivity index (χ0v) is 17.9. The molecule has 7 nitrogen and oxygen atoms in total. The summed E-state index contributed by atoms with van der Waals surface area (Å²) in [5.41, 5.74) is 2.04. The van der Waals surface area contributed by atoms with Gasteiger partial charge in [0.2, 0.25) is 11.8 Å². The fraction of sp³-hybridized carbons (Fsp3) is 0.304. The average Bonchev–Trinajstić information content (AvgIpc) is 3.45. The maximum Gasteiger partial charge on any atom is 0.277 e. The van der Waals surface area contributed by atoms with Crippen molar-refractivity contribution in [2.45, 2.75) is 43.4 Å². The smallest absolute Gasteiger partial charge is 0.277 e. The van der Waals surface area contributed by atoms with Gasteiger partial charge in [-0.2, -0.15) is 0 Å². The maximum atomic E-state index is 12.6. The molecule has 2 amide bonds. The van der Waals surface area contributed by atoms with Crippen molar-refractivity contribution in [3.8, 4) is 0 Å². The van der Waals surface area contributed by atoms with Crippen molar-refractivity contribution in [3.05, 3.63) is 71.6 Å². The molecule has 0 radical (unpaired) electrons. The number of carbonyl (C=O) groups is 2. The van der Waals surface area contributed by atoms with Crippen molar-refractivity contribution in [2.75, 3.05) is 11.1 Å². The lowest BCUT2D eigenvalue weighted by Gasteiger charge is -2.14. The summed E-state index contributed by atoms with van der Waals surface area (Å²) < 4.78 is 5.62. The van der Waals surface area contributed by atoms with Crippen molar-refractivity contribution in [1.29, 1.82) is 0 Å². The number of thioether (sulfide) groups is 1. The largest absolute Gasteiger partial charge is 0.416 e. The van der Waals surface area contributed by atoms with E-state index in [0.29, 0.717) is 28.8 Å². The Hall–Kier alpha value is -3.13. The van der Waals surface area contributed by atoms with Crippen LogP contribution in [-0.2, 0) is 11.2 Å². The Balaban J connectivity index is 1.31. The Kier molecular flexibility index (Phi) is 6.99. The van der Waals surface area contributed by atoms with Gasteiger partial charge in [0.25, 0.3) is 11.1 Å². The summed E-state index contributed by atoms with van der Waals surface area (Å²) in [4.78, 5) is 25.1. The summed E-state index contributed by atoms with van der Waals surface area (Å²) in [5, 5.41) is 14.3. The second-order valence-corrected chi connectivity index (χ2v) is 8.39. The quantitative estimate of drug-likeness (QED) is 0.517. The van der Waals surface area contributed by atoms with Crippen LogP contribution in [0.3, 0.4) is 0 Å². The Morgan fingerprint density at radius 2 is 1.74 bits per heavy atom. The fourth-order valence-electron chi connectivity index (χ4n) is 3.58. The standard InChI is InChI=1S/C23H24N4O3S/c28-20(15-31-23-27-26-21(30-23)14-16-8-2-1-3-9-16)25-19-13-7-6-12-18(19)22(29)24-17-10-4-5-11-17/h1-3,6-9,12-13,17H,4-5,10-11,14-15H2,(H,24,29)(H,25,28). The van der Waals surface area contributed by atoms with Gasteiger partial charge < -0.3 is 15.1 Å². The van der Waals surface area contributed by atoms with Crippen molar-refractivity contribution in [1.82, 2.24) is 15.5 Å². The first-order chi connectivity index (χ1) is 15.2. The van der Waals surface area contributed by atoms with Crippen molar-refractivity contribution in [3.63, 3.8) is 0 Å². The van der Waals surface area contributed by atoms with E-state index in [4.69, 9.17) is 4.42 Å². The summed E-state index contributed by atoms with van der Waals surface area (Å²) in [6.45, 7) is 0. The molecule has 31 heavy (non-hydrogen) atoms. The molecule has 1 aromatic heterocycles. The summed E-state index contributed by atoms with van der Waals surface area (Å²) >= 11 is 1.17. The molecule has 0 atom stereocenters. The molecule has 0 spiro atoms. The Morgan fingerprint density at radius 1 is 1.00 bits per heavy atom. The van der Waals surface area contributed by atoms with Crippen molar-refractivity contribution in [2.24, 2.45) is 0 Å². The summed E-state index contributed by atoms with van der Waals surface area (Å²) in [6, 6.07) is 17.1. The fourth-order valence-corrected chi connectivity index (χ4v) is 4.16. The van der Waals surface area contributed by atoms with E-state index >= 15 is 0 Å². The number of rotatable bonds is 8. The van der Waals surface area contributed by atoms with E-state index in [0.717, 1.165) is 31.2 Å². The zero-order chi connectivity index (χ0) is 21.5. The first-order valence-corrected chi connectivity index (χ1v) is 11.3. The predicted octanol–water partition coefficient (Wildman–Crippen LogP) is 4.06. The van der Waals surface area contributed by atoms with E-state index in [9.17, 15) is 9.59 Å². The van der Waals surface area contributed by atoms with E-state index in [1.807, 2.05) is 30.3 Å². The molecule has 8 heteroatoms. The molecule has 2 N–H and O–H groups in total. The molecule has 1 aliphatic carbocycles. The zero-order valence-electron chi connectivity index (χ0n) is 17.0. The monoisotopic (exact) mass is 436 g/mol. The van der Waals surface area contributed by atoms with E-state index < -0.39 is 0 Å². The van der Waals surface area contributed by atoms with Crippen LogP contribution in [0.4, 0.5) is 5.69 Å². The summed E-state index contributed by atoms with van der Waals surface area (Å²) in [5.74, 6) is 0.209. The minimum absolute atomic E-state index is 0.103. The van der Waals surface area contributed by atoms with Gasteiger partial charge in [-0.3, -0.25) is 9.59 Å². The van der Waals surface area contributed by atoms with Gasteiger partial charge in [-0.15, -0.1) is 10.2 Å². The Labute approximate surface area is 185 Å². The third-order valence-electron chi connectivity index (χ3n) is 5.11. The first-order valence-electron chi connectivity index (χ1n) is 10.4. The lowest BCUT2D eigenvalue weighted by atomic mass is 10.1. The van der Waals surface area contributed by atoms with E-state index in [-0.39, 0.29) is 23.6 Å². The van der Waals surface area contributed by atoms with Gasteiger partial charge in [-0.1, -0.05) is 67.1 Å². The Morgan fingerprint density at radius 3 is 2.55 bits per heavy atom. The first kappa shape index (κ1) is 21.1. The molecule has 1 heterocycles. The molecule has 1 saturated carbocycles. The minimum Gasteiger partial charge on any atom is -0.416 e. The van der Waals surface area contributed by atoms with Crippen LogP contribution >= 0.6 is 11.8 Å². The van der Waals surface area contributed by atoms with Gasteiger partial charge in [0.1, 0.15) is 0 Å². The molecule has 2 aromatic carbocycles. The van der Waals surface area contributed by atoms with Crippen molar-refractivity contribution < 1.29 is 14.0 Å². The molecule has 0 bridgehead atoms. The number of nitrogens with zero attached hydrogens (tertiary/aromatic N) is 2. The molecule has 4 rings (SSSR count). The molecule has 0 unspecified atom stereocenters. The number of amides is 2. The minimum atomic E-state index is -0.242. The third kappa shape index (κ3) is 5.95. The predicted molar refractivity (Wildman–Crippen MR) is 119 cm³/mol. The molecule has 1 fully saturated rings. The van der Waals surface area contributed by atoms with Crippen LogP contribution in [0.5, 0.6) is 0 Å². The van der Waals surface area contributed by atoms with Crippen LogP contribution in [0.15, 0.2) is 64.2 Å². The van der Waals surface area contributed by atoms with Gasteiger partial charge in [-0.25, -0.2) is 0 Å². The number of carbonyl (C=O) groups excluding carboxylic acids is 2. The summed E-state index contributed by atoms with van der Waals surface area (Å²) in [7, 11) is 0. The molecular formula is C23H24N4O3S. The second-order valence-electron chi connectivity index (χ2n) is 7.46. The average molecular weight is 437 g/mol. The highest BCUT2D eigenvalue weighted by molar-refractivity contribution is 7.99. The lowest BCUT2D eigenvalue weighted by molar-refractivity contribution is -0.113. The number of benzene rings is 2. The number of nitrogens with one attached hydrogen (secondary N) is 2. The maximum absolute atomic E-state index is 12.6. The normalized spacial score (nSPS) is 13.8. The number of hydrogen-bond donors (Lipinski definition) is 2. The molecule has 0 aliphatic heterocycles. The lowest BCUT2D eigenvalue weighted by Crippen LogP contribution is -2.33. The topological polar surface area (TPSA) is 97.1 Å².